The number of likely N-dealkylation sites (tertiary alicyclic amines) is 1. The molecular weight excluding hydrogens is 310 g/mol. The first-order valence-corrected chi connectivity index (χ1v) is 8.61. The Bertz CT molecular complexity index is 738. The Balaban J connectivity index is 1.87. The van der Waals surface area contributed by atoms with E-state index < -0.39 is 22.8 Å². The molecule has 2 aliphatic heterocycles. The zero-order chi connectivity index (χ0) is 16.9. The van der Waals surface area contributed by atoms with Crippen molar-refractivity contribution in [3.05, 3.63) is 23.3 Å². The van der Waals surface area contributed by atoms with Gasteiger partial charge >= 0.3 is 0 Å². The van der Waals surface area contributed by atoms with E-state index >= 15 is 0 Å². The molecule has 6 heteroatoms. The molecule has 1 aromatic carbocycles. The first kappa shape index (κ1) is 15.0. The Morgan fingerprint density at radius 3 is 2.88 bits per heavy atom. The summed E-state index contributed by atoms with van der Waals surface area (Å²) in [6.07, 6.45) is 1.37. The molecule has 3 N–H and O–H groups in total. The van der Waals surface area contributed by atoms with E-state index in [0.29, 0.717) is 25.0 Å². The highest BCUT2D eigenvalue weighted by molar-refractivity contribution is 5.60. The van der Waals surface area contributed by atoms with Crippen LogP contribution in [0.2, 0.25) is 0 Å². The number of hydrogen-bond donors (Lipinski definition) is 3. The van der Waals surface area contributed by atoms with Crippen molar-refractivity contribution in [2.24, 2.45) is 0 Å². The number of hydrogen-bond acceptors (Lipinski definition) is 6. The van der Waals surface area contributed by atoms with Crippen molar-refractivity contribution in [3.8, 4) is 11.5 Å². The van der Waals surface area contributed by atoms with E-state index in [1.54, 1.807) is 13.2 Å². The molecule has 0 amide bonds. The number of aromatic hydroxyl groups is 1. The maximum atomic E-state index is 11.4. The van der Waals surface area contributed by atoms with E-state index in [2.05, 4.69) is 4.90 Å². The van der Waals surface area contributed by atoms with E-state index in [4.69, 9.17) is 9.47 Å². The fraction of sp³-hybridized carbons (Fsp3) is 0.667. The second-order valence-corrected chi connectivity index (χ2v) is 7.76. The first-order valence-electron chi connectivity index (χ1n) is 8.61. The highest BCUT2D eigenvalue weighted by Crippen LogP contribution is 2.72. The van der Waals surface area contributed by atoms with Crippen LogP contribution in [0.4, 0.5) is 0 Å². The Kier molecular flexibility index (Phi) is 2.65. The van der Waals surface area contributed by atoms with Gasteiger partial charge in [0, 0.05) is 17.4 Å². The predicted octanol–water partition coefficient (Wildman–Crippen LogP) is 1.03. The fourth-order valence-corrected chi connectivity index (χ4v) is 6.28. The summed E-state index contributed by atoms with van der Waals surface area (Å²) in [7, 11) is 3.53. The number of fused-ring (bicyclic) bond motifs is 3. The van der Waals surface area contributed by atoms with Gasteiger partial charge in [-0.25, -0.2) is 0 Å². The number of aliphatic hydroxyl groups is 2. The molecular formula is C18H23NO5. The molecule has 1 spiro atoms. The van der Waals surface area contributed by atoms with Crippen LogP contribution >= 0.6 is 0 Å². The normalized spacial score (nSPS) is 45.8. The highest BCUT2D eigenvalue weighted by Gasteiger charge is 2.80. The molecule has 6 nitrogen and oxygen atoms in total. The lowest BCUT2D eigenvalue weighted by Crippen LogP contribution is -2.73. The Labute approximate surface area is 140 Å². The lowest BCUT2D eigenvalue weighted by molar-refractivity contribution is -0.305. The van der Waals surface area contributed by atoms with Crippen molar-refractivity contribution >= 4 is 0 Å². The zero-order valence-corrected chi connectivity index (χ0v) is 14.0. The summed E-state index contributed by atoms with van der Waals surface area (Å²) >= 11 is 0. The smallest absolute Gasteiger partial charge is 0.212 e. The van der Waals surface area contributed by atoms with Gasteiger partial charge in [-0.05, 0) is 44.5 Å². The minimum Gasteiger partial charge on any atom is -0.504 e. The second-order valence-electron chi connectivity index (χ2n) is 7.76. The number of ether oxygens (including phenoxy) is 2. The predicted molar refractivity (Wildman–Crippen MR) is 84.9 cm³/mol. The summed E-state index contributed by atoms with van der Waals surface area (Å²) in [5, 5.41) is 33.0. The summed E-state index contributed by atoms with van der Waals surface area (Å²) < 4.78 is 11.4. The number of rotatable bonds is 1. The molecule has 24 heavy (non-hydrogen) atoms. The molecule has 2 bridgehead atoms. The van der Waals surface area contributed by atoms with Gasteiger partial charge < -0.3 is 24.8 Å². The molecule has 1 saturated carbocycles. The average molecular weight is 333 g/mol. The van der Waals surface area contributed by atoms with Gasteiger partial charge in [0.05, 0.1) is 18.8 Å². The van der Waals surface area contributed by atoms with Gasteiger partial charge in [-0.2, -0.15) is 0 Å². The largest absolute Gasteiger partial charge is 0.504 e. The van der Waals surface area contributed by atoms with Gasteiger partial charge in [-0.3, -0.25) is 4.90 Å². The average Bonchev–Trinajstić information content (AvgIpc) is 3.04. The van der Waals surface area contributed by atoms with Crippen molar-refractivity contribution < 1.29 is 24.8 Å². The monoisotopic (exact) mass is 333 g/mol. The van der Waals surface area contributed by atoms with Gasteiger partial charge in [0.25, 0.3) is 0 Å². The number of phenols is 1. The topological polar surface area (TPSA) is 82.4 Å². The Morgan fingerprint density at radius 2 is 2.12 bits per heavy atom. The lowest BCUT2D eigenvalue weighted by atomic mass is 9.51. The number of benzene rings is 1. The SMILES string of the molecule is COc1ccc2c(c1O)[C@]13CC[C@H](O)[C@@]4(O)O[C@H]2C[C@]14N(C)CC3. The maximum Gasteiger partial charge on any atom is 0.212 e. The van der Waals surface area contributed by atoms with Crippen LogP contribution in [-0.2, 0) is 10.2 Å². The third kappa shape index (κ3) is 1.26. The molecule has 130 valence electrons. The molecule has 2 heterocycles. The molecule has 0 radical (unpaired) electrons. The van der Waals surface area contributed by atoms with Crippen LogP contribution in [-0.4, -0.2) is 58.4 Å². The van der Waals surface area contributed by atoms with Crippen molar-refractivity contribution in [2.75, 3.05) is 20.7 Å². The molecule has 4 aliphatic rings. The summed E-state index contributed by atoms with van der Waals surface area (Å²) in [5.74, 6) is -1.01. The molecule has 0 unspecified atom stereocenters. The summed E-state index contributed by atoms with van der Waals surface area (Å²) in [6.45, 7) is 0.793. The molecule has 2 aliphatic carbocycles. The van der Waals surface area contributed by atoms with Crippen molar-refractivity contribution in [1.29, 1.82) is 0 Å². The highest BCUT2D eigenvalue weighted by atomic mass is 16.7. The van der Waals surface area contributed by atoms with E-state index in [-0.39, 0.29) is 11.9 Å². The molecule has 1 aromatic rings. The third-order valence-electron chi connectivity index (χ3n) is 7.23. The number of likely N-dealkylation sites (N-methyl/N-ethyl adjacent to an activating group) is 1. The third-order valence-corrected chi connectivity index (χ3v) is 7.23. The quantitative estimate of drug-likeness (QED) is 0.712. The number of phenolic OH excluding ortho intramolecular Hbond substituents is 1. The minimum absolute atomic E-state index is 0.156. The van der Waals surface area contributed by atoms with Crippen molar-refractivity contribution in [1.82, 2.24) is 4.90 Å². The summed E-state index contributed by atoms with van der Waals surface area (Å²) in [6, 6.07) is 3.69. The van der Waals surface area contributed by atoms with E-state index in [0.717, 1.165) is 24.1 Å². The fourth-order valence-electron chi connectivity index (χ4n) is 6.28. The van der Waals surface area contributed by atoms with Gasteiger partial charge in [0.2, 0.25) is 5.79 Å². The van der Waals surface area contributed by atoms with E-state index in [1.165, 1.54) is 0 Å². The standard InChI is InChI=1S/C18H23NO5/c1-19-8-7-16-6-5-13(20)18(22)17(16,19)9-12(24-18)10-3-4-11(23-2)15(21)14(10)16/h3-4,12-13,20-22H,5-9H2,1-2H3/t12-,13-,16+,17-,18+/m0/s1. The number of methoxy groups -OCH3 is 1. The van der Waals surface area contributed by atoms with Gasteiger partial charge in [-0.1, -0.05) is 6.07 Å². The summed E-state index contributed by atoms with van der Waals surface area (Å²) in [4.78, 5) is 2.14. The van der Waals surface area contributed by atoms with Crippen molar-refractivity contribution in [3.63, 3.8) is 0 Å². The van der Waals surface area contributed by atoms with Gasteiger partial charge in [0.1, 0.15) is 6.10 Å². The van der Waals surface area contributed by atoms with Gasteiger partial charge in [0.15, 0.2) is 11.5 Å². The maximum absolute atomic E-state index is 11.4. The minimum atomic E-state index is -1.61. The number of aliphatic hydroxyl groups excluding tert-OH is 1. The first-order chi connectivity index (χ1) is 11.4. The molecule has 3 fully saturated rings. The van der Waals surface area contributed by atoms with Crippen LogP contribution in [0.25, 0.3) is 0 Å². The van der Waals surface area contributed by atoms with Crippen LogP contribution < -0.4 is 4.74 Å². The number of nitrogens with zero attached hydrogens (tertiary/aromatic N) is 1. The lowest BCUT2D eigenvalue weighted by Gasteiger charge is -2.58. The molecule has 5 rings (SSSR count). The van der Waals surface area contributed by atoms with Gasteiger partial charge in [-0.15, -0.1) is 0 Å². The Hall–Kier alpha value is -1.34. The second kappa shape index (κ2) is 4.25. The van der Waals surface area contributed by atoms with Crippen LogP contribution in [0.5, 0.6) is 11.5 Å². The van der Waals surface area contributed by atoms with Crippen LogP contribution in [0.1, 0.15) is 42.9 Å². The summed E-state index contributed by atoms with van der Waals surface area (Å²) in [5.41, 5.74) is 0.630. The van der Waals surface area contributed by atoms with E-state index in [1.807, 2.05) is 13.1 Å². The van der Waals surface area contributed by atoms with Crippen LogP contribution in [0.15, 0.2) is 12.1 Å². The van der Waals surface area contributed by atoms with E-state index in [9.17, 15) is 15.3 Å². The Morgan fingerprint density at radius 1 is 1.33 bits per heavy atom. The zero-order valence-electron chi connectivity index (χ0n) is 14.0. The molecule has 5 atom stereocenters. The molecule has 2 saturated heterocycles. The molecule has 0 aromatic heterocycles. The van der Waals surface area contributed by atoms with Crippen LogP contribution in [0, 0.1) is 0 Å². The van der Waals surface area contributed by atoms with Crippen molar-refractivity contribution in [2.45, 2.75) is 54.6 Å². The van der Waals surface area contributed by atoms with Crippen LogP contribution in [0.3, 0.4) is 0 Å².